The monoisotopic (exact) mass is 575 g/mol. The average molecular weight is 576 g/mol. The van der Waals surface area contributed by atoms with Crippen LogP contribution in [-0.2, 0) is 4.79 Å². The van der Waals surface area contributed by atoms with Gasteiger partial charge in [0.1, 0.15) is 12.4 Å². The molecule has 0 spiro atoms. The van der Waals surface area contributed by atoms with Crippen molar-refractivity contribution in [3.63, 3.8) is 0 Å². The second-order valence-corrected chi connectivity index (χ2v) is 9.71. The molecular weight excluding hydrogens is 537 g/mol. The molecule has 3 heterocycles. The Hall–Kier alpha value is -4.51. The summed E-state index contributed by atoms with van der Waals surface area (Å²) in [4.78, 5) is 36.3. The van der Waals surface area contributed by atoms with E-state index >= 15 is 0 Å². The van der Waals surface area contributed by atoms with Gasteiger partial charge in [-0.2, -0.15) is 4.98 Å². The second kappa shape index (κ2) is 13.9. The van der Waals surface area contributed by atoms with Crippen molar-refractivity contribution in [3.8, 4) is 11.4 Å². The van der Waals surface area contributed by atoms with Gasteiger partial charge in [-0.15, -0.1) is 0 Å². The fourth-order valence-electron chi connectivity index (χ4n) is 4.74. The first-order valence-electron chi connectivity index (χ1n) is 14.2. The molecule has 4 aromatic rings. The quantitative estimate of drug-likeness (QED) is 0.234. The van der Waals surface area contributed by atoms with Crippen molar-refractivity contribution in [2.24, 2.45) is 0 Å². The van der Waals surface area contributed by atoms with Crippen LogP contribution in [0.3, 0.4) is 0 Å². The predicted octanol–water partition coefficient (Wildman–Crippen LogP) is 5.28. The van der Waals surface area contributed by atoms with E-state index in [2.05, 4.69) is 25.8 Å². The number of fused-ring (bicyclic) bond motifs is 1. The molecule has 1 aliphatic rings. The van der Waals surface area contributed by atoms with Crippen molar-refractivity contribution in [2.75, 3.05) is 49.4 Å². The number of alkyl halides is 1. The lowest BCUT2D eigenvalue weighted by molar-refractivity contribution is -0.115. The molecular formula is C31H38FN7O3. The Morgan fingerprint density at radius 3 is 2.62 bits per heavy atom. The van der Waals surface area contributed by atoms with E-state index < -0.39 is 0 Å². The molecule has 0 bridgehead atoms. The largest absolute Gasteiger partial charge is 0.494 e. The van der Waals surface area contributed by atoms with Crippen molar-refractivity contribution in [1.82, 2.24) is 19.4 Å². The fourth-order valence-corrected chi connectivity index (χ4v) is 4.74. The molecule has 11 heteroatoms. The number of pyridine rings is 1. The van der Waals surface area contributed by atoms with E-state index in [4.69, 9.17) is 9.72 Å². The maximum absolute atomic E-state index is 13.2. The first-order valence-corrected chi connectivity index (χ1v) is 14.2. The summed E-state index contributed by atoms with van der Waals surface area (Å²) in [5.41, 5.74) is 3.66. The Bertz CT molecular complexity index is 1600. The van der Waals surface area contributed by atoms with Gasteiger partial charge in [-0.25, -0.2) is 9.37 Å². The van der Waals surface area contributed by atoms with Gasteiger partial charge in [-0.3, -0.25) is 19.1 Å². The normalized spacial score (nSPS) is 13.1. The van der Waals surface area contributed by atoms with E-state index in [0.717, 1.165) is 29.7 Å². The Balaban J connectivity index is 0.00000198. The summed E-state index contributed by atoms with van der Waals surface area (Å²) in [5.74, 6) is 0.768. The molecule has 0 atom stereocenters. The zero-order valence-electron chi connectivity index (χ0n) is 24.7. The van der Waals surface area contributed by atoms with E-state index in [9.17, 15) is 14.0 Å². The van der Waals surface area contributed by atoms with Crippen molar-refractivity contribution in [3.05, 3.63) is 70.6 Å². The minimum atomic E-state index is -0.336. The Morgan fingerprint density at radius 2 is 1.90 bits per heavy atom. The fraction of sp³-hybridized carbons (Fsp3) is 0.355. The second-order valence-electron chi connectivity index (χ2n) is 9.71. The summed E-state index contributed by atoms with van der Waals surface area (Å²) < 4.78 is 19.6. The minimum absolute atomic E-state index is 0.117. The number of hydrogen-bond acceptors (Lipinski definition) is 8. The lowest BCUT2D eigenvalue weighted by Crippen LogP contribution is -2.55. The zero-order chi connectivity index (χ0) is 30.2. The number of benzene rings is 2. The molecule has 1 amide bonds. The number of anilines is 4. The van der Waals surface area contributed by atoms with Crippen molar-refractivity contribution >= 4 is 40.0 Å². The van der Waals surface area contributed by atoms with Crippen LogP contribution in [0.15, 0.2) is 59.5 Å². The summed E-state index contributed by atoms with van der Waals surface area (Å²) in [6.45, 7) is 9.34. The van der Waals surface area contributed by atoms with E-state index in [1.165, 1.54) is 4.57 Å². The van der Waals surface area contributed by atoms with Gasteiger partial charge in [0.25, 0.3) is 5.56 Å². The highest BCUT2D eigenvalue weighted by Gasteiger charge is 2.26. The first kappa shape index (κ1) is 30.4. The van der Waals surface area contributed by atoms with Gasteiger partial charge < -0.3 is 20.7 Å². The molecule has 0 aliphatic carbocycles. The topological polar surface area (TPSA) is 113 Å². The standard InChI is InChI=1S/C29H32FN7O3.C2H6/c1-4-26(38)33-19-6-5-7-22(13-19)37-27(39)12-18(2)23-15-31-29(35-28(23)37)34-24-9-8-20(14-25(24)40-3)32-21-16-36(17-21)11-10-30;1-2/h5-9,12-15,21,32H,4,10-11,16-17H2,1-3H3,(H,33,38)(H,31,34,35);1-2H3. The van der Waals surface area contributed by atoms with Gasteiger partial charge in [-0.1, -0.05) is 26.8 Å². The average Bonchev–Trinajstić information content (AvgIpc) is 2.98. The molecule has 42 heavy (non-hydrogen) atoms. The van der Waals surface area contributed by atoms with Gasteiger partial charge in [0.15, 0.2) is 5.65 Å². The van der Waals surface area contributed by atoms with Crippen molar-refractivity contribution < 1.29 is 13.9 Å². The third-order valence-electron chi connectivity index (χ3n) is 6.85. The molecule has 0 unspecified atom stereocenters. The van der Waals surface area contributed by atoms with Crippen LogP contribution in [-0.4, -0.2) is 64.8 Å². The summed E-state index contributed by atoms with van der Waals surface area (Å²) in [7, 11) is 1.59. The third kappa shape index (κ3) is 6.85. The Labute approximate surface area is 244 Å². The number of methoxy groups -OCH3 is 1. The molecule has 2 aromatic carbocycles. The zero-order valence-corrected chi connectivity index (χ0v) is 24.7. The summed E-state index contributed by atoms with van der Waals surface area (Å²) in [6, 6.07) is 14.6. The van der Waals surface area contributed by atoms with Crippen LogP contribution < -0.4 is 26.2 Å². The van der Waals surface area contributed by atoms with Gasteiger partial charge >= 0.3 is 0 Å². The summed E-state index contributed by atoms with van der Waals surface area (Å²) in [6.07, 6.45) is 2.03. The van der Waals surface area contributed by atoms with Crippen LogP contribution in [0.4, 0.5) is 27.4 Å². The molecule has 0 saturated carbocycles. The van der Waals surface area contributed by atoms with E-state index in [-0.39, 0.29) is 24.2 Å². The lowest BCUT2D eigenvalue weighted by Gasteiger charge is -2.39. The molecule has 3 N–H and O–H groups in total. The Kier molecular flexibility index (Phi) is 10.1. The van der Waals surface area contributed by atoms with Gasteiger partial charge in [0, 0.05) is 61.1 Å². The SMILES string of the molecule is CC.CCC(=O)Nc1cccc(-n2c(=O)cc(C)c3cnc(Nc4ccc(NC5CN(CCF)C5)cc4OC)nc32)c1. The van der Waals surface area contributed by atoms with Crippen LogP contribution in [0, 0.1) is 6.92 Å². The maximum atomic E-state index is 13.2. The highest BCUT2D eigenvalue weighted by atomic mass is 19.1. The highest BCUT2D eigenvalue weighted by molar-refractivity contribution is 5.91. The number of rotatable bonds is 10. The number of ether oxygens (including phenoxy) is 1. The number of likely N-dealkylation sites (tertiary alicyclic amines) is 1. The number of aromatic nitrogens is 3. The van der Waals surface area contributed by atoms with Crippen molar-refractivity contribution in [1.29, 1.82) is 0 Å². The van der Waals surface area contributed by atoms with E-state index in [0.29, 0.717) is 47.4 Å². The number of amides is 1. The van der Waals surface area contributed by atoms with E-state index in [1.807, 2.05) is 39.0 Å². The van der Waals surface area contributed by atoms with Crippen LogP contribution >= 0.6 is 0 Å². The van der Waals surface area contributed by atoms with Crippen LogP contribution in [0.5, 0.6) is 5.75 Å². The number of aryl methyl sites for hydroxylation is 1. The van der Waals surface area contributed by atoms with Gasteiger partial charge in [-0.05, 0) is 42.8 Å². The van der Waals surface area contributed by atoms with Gasteiger partial charge in [0.05, 0.1) is 24.5 Å². The van der Waals surface area contributed by atoms with Crippen LogP contribution in [0.25, 0.3) is 16.7 Å². The predicted molar refractivity (Wildman–Crippen MR) is 166 cm³/mol. The highest BCUT2D eigenvalue weighted by Crippen LogP contribution is 2.31. The summed E-state index contributed by atoms with van der Waals surface area (Å²) >= 11 is 0. The number of halogens is 1. The number of carbonyl (C=O) groups excluding carboxylic acids is 1. The number of nitrogens with one attached hydrogen (secondary N) is 3. The summed E-state index contributed by atoms with van der Waals surface area (Å²) in [5, 5.41) is 10.2. The molecule has 1 aliphatic heterocycles. The molecule has 222 valence electrons. The molecule has 1 fully saturated rings. The molecule has 2 aromatic heterocycles. The van der Waals surface area contributed by atoms with Gasteiger partial charge in [0.2, 0.25) is 11.9 Å². The number of carbonyl (C=O) groups is 1. The number of nitrogens with zero attached hydrogens (tertiary/aromatic N) is 4. The molecule has 5 rings (SSSR count). The minimum Gasteiger partial charge on any atom is -0.494 e. The molecule has 10 nitrogen and oxygen atoms in total. The lowest BCUT2D eigenvalue weighted by atomic mass is 10.1. The molecule has 1 saturated heterocycles. The third-order valence-corrected chi connectivity index (χ3v) is 6.85. The maximum Gasteiger partial charge on any atom is 0.257 e. The smallest absolute Gasteiger partial charge is 0.257 e. The van der Waals surface area contributed by atoms with E-state index in [1.54, 1.807) is 50.6 Å². The molecule has 0 radical (unpaired) electrons. The van der Waals surface area contributed by atoms with Crippen LogP contribution in [0.1, 0.15) is 32.8 Å². The number of hydrogen-bond donors (Lipinski definition) is 3. The first-order chi connectivity index (χ1) is 20.4. The Morgan fingerprint density at radius 1 is 1.12 bits per heavy atom. The van der Waals surface area contributed by atoms with Crippen LogP contribution in [0.2, 0.25) is 0 Å². The van der Waals surface area contributed by atoms with Crippen molar-refractivity contribution in [2.45, 2.75) is 40.2 Å².